The van der Waals surface area contributed by atoms with E-state index < -0.39 is 0 Å². The minimum absolute atomic E-state index is 0.184. The van der Waals surface area contributed by atoms with Crippen molar-refractivity contribution in [2.24, 2.45) is 0 Å². The van der Waals surface area contributed by atoms with Gasteiger partial charge in [0.2, 0.25) is 0 Å². The van der Waals surface area contributed by atoms with Crippen LogP contribution >= 0.6 is 0 Å². The number of fused-ring (bicyclic) bond motifs is 2. The second-order valence-electron chi connectivity index (χ2n) is 7.40. The Kier molecular flexibility index (Phi) is 3.94. The lowest BCUT2D eigenvalue weighted by atomic mass is 9.99. The highest BCUT2D eigenvalue weighted by atomic mass is 16.5. The molecule has 5 rings (SSSR count). The summed E-state index contributed by atoms with van der Waals surface area (Å²) in [5.74, 6) is 1.58. The molecule has 4 aromatic rings. The minimum atomic E-state index is -0.184. The molecule has 29 heavy (non-hydrogen) atoms. The molecule has 0 atom stereocenters. The molecule has 1 aliphatic heterocycles. The number of hydrogen-bond donors (Lipinski definition) is 0. The van der Waals surface area contributed by atoms with Gasteiger partial charge < -0.3 is 9.42 Å². The zero-order valence-corrected chi connectivity index (χ0v) is 16.5. The van der Waals surface area contributed by atoms with Crippen molar-refractivity contribution < 1.29 is 4.52 Å². The van der Waals surface area contributed by atoms with Gasteiger partial charge in [0.1, 0.15) is 5.76 Å². The van der Waals surface area contributed by atoms with Crippen molar-refractivity contribution in [1.29, 1.82) is 0 Å². The van der Waals surface area contributed by atoms with Gasteiger partial charge in [0, 0.05) is 54.8 Å². The van der Waals surface area contributed by atoms with Crippen LogP contribution in [0.15, 0.2) is 39.9 Å². The lowest BCUT2D eigenvalue weighted by Gasteiger charge is -2.30. The summed E-state index contributed by atoms with van der Waals surface area (Å²) in [7, 11) is 0. The normalized spacial score (nSPS) is 13.7. The van der Waals surface area contributed by atoms with Gasteiger partial charge >= 0.3 is 0 Å². The number of hydrogen-bond acceptors (Lipinski definition) is 7. The van der Waals surface area contributed by atoms with Crippen LogP contribution in [-0.4, -0.2) is 31.3 Å². The summed E-state index contributed by atoms with van der Waals surface area (Å²) in [6, 6.07) is 5.48. The monoisotopic (exact) mass is 388 g/mol. The highest BCUT2D eigenvalue weighted by Gasteiger charge is 2.22. The fourth-order valence-electron chi connectivity index (χ4n) is 4.00. The van der Waals surface area contributed by atoms with E-state index in [0.29, 0.717) is 12.2 Å². The van der Waals surface area contributed by atoms with Crippen LogP contribution in [0.25, 0.3) is 16.8 Å². The number of aryl methyl sites for hydroxylation is 3. The topological polar surface area (TPSA) is 89.4 Å². The lowest BCUT2D eigenvalue weighted by molar-refractivity contribution is 0.393. The minimum Gasteiger partial charge on any atom is -0.361 e. The SMILES string of the molecule is Cc1cc2nccc(=O)n2nc1N1CCc2ncc(-c3c(C)noc3C)cc2C1. The molecular formula is C21H20N6O2. The molecule has 0 saturated carbocycles. The third-order valence-corrected chi connectivity index (χ3v) is 5.40. The predicted octanol–water partition coefficient (Wildman–Crippen LogP) is 2.63. The predicted molar refractivity (Wildman–Crippen MR) is 108 cm³/mol. The molecule has 0 aromatic carbocycles. The van der Waals surface area contributed by atoms with E-state index in [0.717, 1.165) is 58.2 Å². The van der Waals surface area contributed by atoms with Gasteiger partial charge in [0.25, 0.3) is 5.56 Å². The third-order valence-electron chi connectivity index (χ3n) is 5.40. The van der Waals surface area contributed by atoms with Crippen LogP contribution in [0, 0.1) is 20.8 Å². The highest BCUT2D eigenvalue weighted by Crippen LogP contribution is 2.30. The van der Waals surface area contributed by atoms with E-state index in [1.54, 1.807) is 0 Å². The molecule has 8 heteroatoms. The zero-order valence-electron chi connectivity index (χ0n) is 16.5. The first-order chi connectivity index (χ1) is 14.0. The lowest BCUT2D eigenvalue weighted by Crippen LogP contribution is -2.33. The maximum atomic E-state index is 12.2. The average molecular weight is 388 g/mol. The van der Waals surface area contributed by atoms with Gasteiger partial charge in [-0.3, -0.25) is 9.78 Å². The quantitative estimate of drug-likeness (QED) is 0.521. The molecule has 1 aliphatic rings. The van der Waals surface area contributed by atoms with Crippen LogP contribution in [0.1, 0.15) is 28.3 Å². The first kappa shape index (κ1) is 17.5. The molecule has 0 unspecified atom stereocenters. The van der Waals surface area contributed by atoms with E-state index in [9.17, 15) is 4.79 Å². The fourth-order valence-corrected chi connectivity index (χ4v) is 4.00. The van der Waals surface area contributed by atoms with Crippen molar-refractivity contribution in [3.8, 4) is 11.1 Å². The Morgan fingerprint density at radius 3 is 2.79 bits per heavy atom. The standard InChI is InChI=1S/C21H20N6O2/c1-12-8-18-22-6-4-19(28)27(18)24-21(12)26-7-5-17-16(11-26)9-15(10-23-17)20-13(2)25-29-14(20)3/h4,6,8-10H,5,7,11H2,1-3H3. The Labute approximate surface area is 166 Å². The molecule has 0 bridgehead atoms. The van der Waals surface area contributed by atoms with Crippen LogP contribution in [0.3, 0.4) is 0 Å². The molecule has 146 valence electrons. The molecule has 4 aromatic heterocycles. The molecular weight excluding hydrogens is 368 g/mol. The molecule has 5 heterocycles. The molecule has 0 aliphatic carbocycles. The van der Waals surface area contributed by atoms with E-state index in [1.165, 1.54) is 16.8 Å². The van der Waals surface area contributed by atoms with Gasteiger partial charge in [-0.1, -0.05) is 5.16 Å². The summed E-state index contributed by atoms with van der Waals surface area (Å²) >= 11 is 0. The van der Waals surface area contributed by atoms with Gasteiger partial charge in [-0.15, -0.1) is 5.10 Å². The molecule has 0 saturated heterocycles. The van der Waals surface area contributed by atoms with Gasteiger partial charge in [0.05, 0.1) is 5.69 Å². The number of anilines is 1. The highest BCUT2D eigenvalue weighted by molar-refractivity contribution is 5.68. The van der Waals surface area contributed by atoms with Crippen LogP contribution in [-0.2, 0) is 13.0 Å². The Morgan fingerprint density at radius 1 is 1.14 bits per heavy atom. The van der Waals surface area contributed by atoms with Gasteiger partial charge in [-0.2, -0.15) is 4.52 Å². The summed E-state index contributed by atoms with van der Waals surface area (Å²) in [4.78, 5) is 23.3. The smallest absolute Gasteiger partial charge is 0.274 e. The van der Waals surface area contributed by atoms with Crippen molar-refractivity contribution in [3.63, 3.8) is 0 Å². The van der Waals surface area contributed by atoms with Crippen molar-refractivity contribution >= 4 is 11.5 Å². The number of nitrogens with zero attached hydrogens (tertiary/aromatic N) is 6. The number of rotatable bonds is 2. The second kappa shape index (κ2) is 6.51. The van der Waals surface area contributed by atoms with Crippen molar-refractivity contribution in [3.05, 3.63) is 69.2 Å². The molecule has 0 radical (unpaired) electrons. The molecule has 0 amide bonds. The zero-order chi connectivity index (χ0) is 20.1. The van der Waals surface area contributed by atoms with Crippen molar-refractivity contribution in [2.75, 3.05) is 11.4 Å². The van der Waals surface area contributed by atoms with Crippen LogP contribution < -0.4 is 10.5 Å². The number of aromatic nitrogens is 5. The van der Waals surface area contributed by atoms with Crippen molar-refractivity contribution in [2.45, 2.75) is 33.7 Å². The molecule has 0 spiro atoms. The Balaban J connectivity index is 1.55. The largest absolute Gasteiger partial charge is 0.361 e. The van der Waals surface area contributed by atoms with Gasteiger partial charge in [-0.25, -0.2) is 4.98 Å². The summed E-state index contributed by atoms with van der Waals surface area (Å²) in [6.45, 7) is 7.31. The van der Waals surface area contributed by atoms with E-state index in [-0.39, 0.29) is 5.56 Å². The van der Waals surface area contributed by atoms with Crippen LogP contribution in [0.4, 0.5) is 5.82 Å². The van der Waals surface area contributed by atoms with E-state index in [4.69, 9.17) is 9.51 Å². The number of pyridine rings is 1. The third kappa shape index (κ3) is 2.88. The molecule has 0 N–H and O–H groups in total. The summed E-state index contributed by atoms with van der Waals surface area (Å²) in [5, 5.41) is 8.65. The summed E-state index contributed by atoms with van der Waals surface area (Å²) in [6.07, 6.45) is 4.22. The van der Waals surface area contributed by atoms with E-state index in [2.05, 4.69) is 26.2 Å². The molecule has 0 fully saturated rings. The van der Waals surface area contributed by atoms with Crippen molar-refractivity contribution in [1.82, 2.24) is 24.7 Å². The maximum absolute atomic E-state index is 12.2. The molecule has 8 nitrogen and oxygen atoms in total. The Morgan fingerprint density at radius 2 is 2.00 bits per heavy atom. The van der Waals surface area contributed by atoms with Gasteiger partial charge in [0.15, 0.2) is 11.5 Å². The Hall–Kier alpha value is -3.55. The first-order valence-corrected chi connectivity index (χ1v) is 9.53. The van der Waals surface area contributed by atoms with Crippen LogP contribution in [0.2, 0.25) is 0 Å². The summed E-state index contributed by atoms with van der Waals surface area (Å²) in [5.41, 5.74) is 6.45. The first-order valence-electron chi connectivity index (χ1n) is 9.53. The fraction of sp³-hybridized carbons (Fsp3) is 0.286. The second-order valence-corrected chi connectivity index (χ2v) is 7.40. The maximum Gasteiger partial charge on any atom is 0.274 e. The summed E-state index contributed by atoms with van der Waals surface area (Å²) < 4.78 is 6.67. The average Bonchev–Trinajstić information content (AvgIpc) is 3.05. The van der Waals surface area contributed by atoms with E-state index in [1.807, 2.05) is 33.0 Å². The van der Waals surface area contributed by atoms with E-state index >= 15 is 0 Å². The Bertz CT molecular complexity index is 1290. The van der Waals surface area contributed by atoms with Crippen LogP contribution in [0.5, 0.6) is 0 Å². The van der Waals surface area contributed by atoms with Gasteiger partial charge in [-0.05, 0) is 44.0 Å².